The van der Waals surface area contributed by atoms with E-state index in [1.807, 2.05) is 35.4 Å². The molecule has 1 atom stereocenters. The number of hydrogen-bond donors (Lipinski definition) is 0. The second-order valence-corrected chi connectivity index (χ2v) is 7.23. The molecule has 6 heteroatoms. The van der Waals surface area contributed by atoms with E-state index in [0.29, 0.717) is 24.7 Å². The van der Waals surface area contributed by atoms with E-state index in [-0.39, 0.29) is 11.8 Å². The van der Waals surface area contributed by atoms with E-state index in [2.05, 4.69) is 29.2 Å². The fraction of sp³-hybridized carbons (Fsp3) is 0.316. The fourth-order valence-electron chi connectivity index (χ4n) is 3.13. The van der Waals surface area contributed by atoms with Gasteiger partial charge in [-0.15, -0.1) is 11.3 Å². The molecule has 0 unspecified atom stereocenters. The summed E-state index contributed by atoms with van der Waals surface area (Å²) in [5.41, 5.74) is 3.32. The number of hydrogen-bond acceptors (Lipinski definition) is 5. The highest BCUT2D eigenvalue weighted by atomic mass is 32.1. The third-order valence-corrected chi connectivity index (χ3v) is 5.65. The lowest BCUT2D eigenvalue weighted by Gasteiger charge is -2.16. The molecular formula is C19H19N3O2S. The van der Waals surface area contributed by atoms with Gasteiger partial charge in [0, 0.05) is 24.6 Å². The van der Waals surface area contributed by atoms with E-state index in [1.54, 1.807) is 11.3 Å². The summed E-state index contributed by atoms with van der Waals surface area (Å²) >= 11 is 1.59. The third kappa shape index (κ3) is 2.98. The maximum Gasteiger partial charge on any atom is 0.268 e. The van der Waals surface area contributed by atoms with Gasteiger partial charge in [0.25, 0.3) is 5.89 Å². The summed E-state index contributed by atoms with van der Waals surface area (Å²) in [5.74, 6) is 1.23. The van der Waals surface area contributed by atoms with Gasteiger partial charge in [-0.3, -0.25) is 4.79 Å². The lowest BCUT2D eigenvalue weighted by atomic mass is 10.1. The molecule has 3 heterocycles. The first kappa shape index (κ1) is 16.0. The number of amides is 1. The molecule has 1 saturated heterocycles. The van der Waals surface area contributed by atoms with Crippen LogP contribution in [0.25, 0.3) is 10.8 Å². The molecule has 1 aliphatic rings. The van der Waals surface area contributed by atoms with E-state index in [1.165, 1.54) is 5.56 Å². The minimum atomic E-state index is -0.0314. The van der Waals surface area contributed by atoms with Crippen LogP contribution in [-0.2, 0) is 11.2 Å². The van der Waals surface area contributed by atoms with Crippen molar-refractivity contribution in [1.29, 1.82) is 0 Å². The Bertz CT molecular complexity index is 898. The standard InChI is InChI=1S/C19H19N3O2S/c1-3-13-4-6-15(7-5-13)22-11-14(10-16(22)23)18-20-19(24-21-18)17-12(2)8-9-25-17/h4-9,14H,3,10-11H2,1-2H3/t14-/m0/s1. The molecule has 1 fully saturated rings. The summed E-state index contributed by atoms with van der Waals surface area (Å²) in [6.45, 7) is 4.73. The zero-order valence-electron chi connectivity index (χ0n) is 14.2. The molecule has 5 nitrogen and oxygen atoms in total. The molecule has 0 bridgehead atoms. The molecule has 0 N–H and O–H groups in total. The molecule has 0 aliphatic carbocycles. The zero-order valence-corrected chi connectivity index (χ0v) is 15.0. The minimum Gasteiger partial charge on any atom is -0.333 e. The van der Waals surface area contributed by atoms with E-state index in [0.717, 1.165) is 22.5 Å². The Hall–Kier alpha value is -2.47. The number of nitrogens with zero attached hydrogens (tertiary/aromatic N) is 3. The largest absolute Gasteiger partial charge is 0.333 e. The van der Waals surface area contributed by atoms with Crippen LogP contribution in [0.4, 0.5) is 5.69 Å². The van der Waals surface area contributed by atoms with Crippen molar-refractivity contribution in [2.45, 2.75) is 32.6 Å². The first-order valence-corrected chi connectivity index (χ1v) is 9.31. The molecule has 0 radical (unpaired) electrons. The van der Waals surface area contributed by atoms with Gasteiger partial charge in [-0.2, -0.15) is 4.98 Å². The predicted octanol–water partition coefficient (Wildman–Crippen LogP) is 4.19. The van der Waals surface area contributed by atoms with Crippen molar-refractivity contribution < 1.29 is 9.32 Å². The van der Waals surface area contributed by atoms with Crippen molar-refractivity contribution in [3.05, 3.63) is 52.7 Å². The van der Waals surface area contributed by atoms with E-state index >= 15 is 0 Å². The van der Waals surface area contributed by atoms with Crippen molar-refractivity contribution in [1.82, 2.24) is 10.1 Å². The van der Waals surface area contributed by atoms with Crippen LogP contribution < -0.4 is 4.90 Å². The maximum atomic E-state index is 12.4. The normalized spacial score (nSPS) is 17.4. The average molecular weight is 353 g/mol. The second-order valence-electron chi connectivity index (χ2n) is 6.32. The van der Waals surface area contributed by atoms with Crippen LogP contribution in [0, 0.1) is 6.92 Å². The van der Waals surface area contributed by atoms with Crippen LogP contribution >= 0.6 is 11.3 Å². The quantitative estimate of drug-likeness (QED) is 0.706. The minimum absolute atomic E-state index is 0.0314. The van der Waals surface area contributed by atoms with E-state index in [9.17, 15) is 4.79 Å². The Kier molecular flexibility index (Phi) is 4.13. The van der Waals surface area contributed by atoms with Crippen LogP contribution in [0.15, 0.2) is 40.2 Å². The lowest BCUT2D eigenvalue weighted by molar-refractivity contribution is -0.117. The van der Waals surface area contributed by atoms with Gasteiger partial charge in [0.05, 0.1) is 4.88 Å². The van der Waals surface area contributed by atoms with Crippen molar-refractivity contribution in [3.63, 3.8) is 0 Å². The van der Waals surface area contributed by atoms with Gasteiger partial charge in [0.2, 0.25) is 5.91 Å². The summed E-state index contributed by atoms with van der Waals surface area (Å²) in [6.07, 6.45) is 1.41. The molecule has 2 aromatic heterocycles. The number of thiophene rings is 1. The van der Waals surface area contributed by atoms with Crippen LogP contribution in [0.5, 0.6) is 0 Å². The first-order chi connectivity index (χ1) is 12.2. The Balaban J connectivity index is 1.54. The van der Waals surface area contributed by atoms with E-state index < -0.39 is 0 Å². The van der Waals surface area contributed by atoms with Gasteiger partial charge >= 0.3 is 0 Å². The van der Waals surface area contributed by atoms with Gasteiger partial charge in [0.15, 0.2) is 5.82 Å². The fourth-order valence-corrected chi connectivity index (χ4v) is 3.97. The summed E-state index contributed by atoms with van der Waals surface area (Å²) in [6, 6.07) is 10.2. The van der Waals surface area contributed by atoms with E-state index in [4.69, 9.17) is 4.52 Å². The molecule has 3 aromatic rings. The van der Waals surface area contributed by atoms with Crippen molar-refractivity contribution >= 4 is 22.9 Å². The average Bonchev–Trinajstić information content (AvgIpc) is 3.34. The van der Waals surface area contributed by atoms with Gasteiger partial charge in [0.1, 0.15) is 0 Å². The monoisotopic (exact) mass is 353 g/mol. The first-order valence-electron chi connectivity index (χ1n) is 8.43. The van der Waals surface area contributed by atoms with Crippen LogP contribution in [0.2, 0.25) is 0 Å². The predicted molar refractivity (Wildman–Crippen MR) is 97.9 cm³/mol. The number of rotatable bonds is 4. The Morgan fingerprint density at radius 1 is 1.28 bits per heavy atom. The number of benzene rings is 1. The SMILES string of the molecule is CCc1ccc(N2C[C@@H](c3noc(-c4sccc4C)n3)CC2=O)cc1. The van der Waals surface area contributed by atoms with Gasteiger partial charge in [-0.05, 0) is 48.1 Å². The zero-order chi connectivity index (χ0) is 17.4. The molecule has 0 saturated carbocycles. The van der Waals surface area contributed by atoms with Crippen molar-refractivity contribution in [2.75, 3.05) is 11.4 Å². The highest BCUT2D eigenvalue weighted by Gasteiger charge is 2.34. The maximum absolute atomic E-state index is 12.4. The van der Waals surface area contributed by atoms with Gasteiger partial charge in [-0.25, -0.2) is 0 Å². The molecule has 25 heavy (non-hydrogen) atoms. The number of aryl methyl sites for hydroxylation is 2. The Morgan fingerprint density at radius 2 is 2.08 bits per heavy atom. The smallest absolute Gasteiger partial charge is 0.268 e. The Morgan fingerprint density at radius 3 is 2.76 bits per heavy atom. The van der Waals surface area contributed by atoms with Crippen LogP contribution in [0.1, 0.15) is 36.2 Å². The van der Waals surface area contributed by atoms with Gasteiger partial charge < -0.3 is 9.42 Å². The third-order valence-electron chi connectivity index (χ3n) is 4.64. The molecule has 1 amide bonds. The van der Waals surface area contributed by atoms with Gasteiger partial charge in [-0.1, -0.05) is 24.2 Å². The highest BCUT2D eigenvalue weighted by molar-refractivity contribution is 7.13. The summed E-state index contributed by atoms with van der Waals surface area (Å²) in [7, 11) is 0. The van der Waals surface area contributed by atoms with Crippen molar-refractivity contribution in [3.8, 4) is 10.8 Å². The molecule has 1 aromatic carbocycles. The van der Waals surface area contributed by atoms with Crippen LogP contribution in [0.3, 0.4) is 0 Å². The van der Waals surface area contributed by atoms with Crippen molar-refractivity contribution in [2.24, 2.45) is 0 Å². The molecule has 0 spiro atoms. The summed E-state index contributed by atoms with van der Waals surface area (Å²) in [4.78, 5) is 19.8. The second kappa shape index (κ2) is 6.44. The summed E-state index contributed by atoms with van der Waals surface area (Å²) in [5, 5.41) is 6.14. The van der Waals surface area contributed by atoms with Crippen LogP contribution in [-0.4, -0.2) is 22.6 Å². The lowest BCUT2D eigenvalue weighted by Crippen LogP contribution is -2.24. The molecule has 128 valence electrons. The summed E-state index contributed by atoms with van der Waals surface area (Å²) < 4.78 is 5.43. The number of anilines is 1. The Labute approximate surface area is 150 Å². The number of carbonyl (C=O) groups excluding carboxylic acids is 1. The highest BCUT2D eigenvalue weighted by Crippen LogP contribution is 2.33. The molecule has 1 aliphatic heterocycles. The molecular weight excluding hydrogens is 334 g/mol. The molecule has 4 rings (SSSR count). The number of aromatic nitrogens is 2. The number of carbonyl (C=O) groups is 1. The topological polar surface area (TPSA) is 59.2 Å².